The van der Waals surface area contributed by atoms with E-state index in [0.29, 0.717) is 6.42 Å². The summed E-state index contributed by atoms with van der Waals surface area (Å²) < 4.78 is 32.9. The normalized spacial score (nSPS) is 13.1. The number of rotatable bonds is 47. The van der Waals surface area contributed by atoms with E-state index in [-0.39, 0.29) is 38.6 Å². The van der Waals surface area contributed by atoms with E-state index in [2.05, 4.69) is 13.8 Å². The molecule has 3 N–H and O–H groups in total. The third-order valence-corrected chi connectivity index (χ3v) is 12.0. The fraction of sp³-hybridized carbons (Fsp3) is 0.957. The molecule has 2 unspecified atom stereocenters. The van der Waals surface area contributed by atoms with Gasteiger partial charge in [0.05, 0.1) is 13.2 Å². The zero-order valence-corrected chi connectivity index (χ0v) is 38.5. The van der Waals surface area contributed by atoms with Crippen LogP contribution in [0.25, 0.3) is 0 Å². The third kappa shape index (κ3) is 44.4. The maximum atomic E-state index is 12.6. The molecule has 0 fully saturated rings. The van der Waals surface area contributed by atoms with Gasteiger partial charge in [0.25, 0.3) is 0 Å². The Balaban J connectivity index is 4.02. The highest BCUT2D eigenvalue weighted by Crippen LogP contribution is 2.43. The summed E-state index contributed by atoms with van der Waals surface area (Å²) in [5, 5.41) is 0. The lowest BCUT2D eigenvalue weighted by Crippen LogP contribution is -2.29. The Morgan fingerprint density at radius 1 is 0.456 bits per heavy atom. The first-order valence-electron chi connectivity index (χ1n) is 24.5. The van der Waals surface area contributed by atoms with Crippen LogP contribution in [0.2, 0.25) is 0 Å². The van der Waals surface area contributed by atoms with Gasteiger partial charge in [0.2, 0.25) is 0 Å². The van der Waals surface area contributed by atoms with Crippen molar-refractivity contribution >= 4 is 19.8 Å². The summed E-state index contributed by atoms with van der Waals surface area (Å²) in [6.45, 7) is 3.80. The van der Waals surface area contributed by atoms with Crippen molar-refractivity contribution in [2.24, 2.45) is 5.73 Å². The number of unbranched alkanes of at least 4 members (excludes halogenated alkanes) is 34. The summed E-state index contributed by atoms with van der Waals surface area (Å²) in [5.41, 5.74) is 5.36. The van der Waals surface area contributed by atoms with E-state index in [1.54, 1.807) is 0 Å². The zero-order valence-electron chi connectivity index (χ0n) is 37.6. The smallest absolute Gasteiger partial charge is 0.462 e. The maximum absolute atomic E-state index is 12.6. The maximum Gasteiger partial charge on any atom is 0.472 e. The average molecular weight is 832 g/mol. The molecule has 0 aromatic rings. The number of nitrogens with two attached hydrogens (primary N) is 1. The molecular formula is C47H94NO8P. The molecule has 0 saturated carbocycles. The van der Waals surface area contributed by atoms with Crippen molar-refractivity contribution in [3.63, 3.8) is 0 Å². The number of carbonyl (C=O) groups is 2. The molecule has 0 aliphatic rings. The predicted molar refractivity (Wildman–Crippen MR) is 238 cm³/mol. The Labute approximate surface area is 352 Å². The second kappa shape index (κ2) is 44.6. The first-order valence-corrected chi connectivity index (χ1v) is 26.0. The fourth-order valence-corrected chi connectivity index (χ4v) is 8.11. The van der Waals surface area contributed by atoms with Gasteiger partial charge in [0, 0.05) is 19.4 Å². The van der Waals surface area contributed by atoms with Crippen LogP contribution in [0.15, 0.2) is 0 Å². The number of phosphoric acid groups is 1. The molecule has 0 aliphatic carbocycles. The summed E-state index contributed by atoms with van der Waals surface area (Å²) in [6.07, 6.45) is 45.6. The van der Waals surface area contributed by atoms with Crippen LogP contribution in [0.4, 0.5) is 0 Å². The molecule has 0 aromatic heterocycles. The molecule has 0 aromatic carbocycles. The Kier molecular flexibility index (Phi) is 43.8. The average Bonchev–Trinajstić information content (AvgIpc) is 3.20. The number of phosphoric ester groups is 1. The Morgan fingerprint density at radius 2 is 0.754 bits per heavy atom. The third-order valence-electron chi connectivity index (χ3n) is 11.0. The van der Waals surface area contributed by atoms with Gasteiger partial charge in [0.1, 0.15) is 6.61 Å². The lowest BCUT2D eigenvalue weighted by Gasteiger charge is -2.19. The van der Waals surface area contributed by atoms with Crippen molar-refractivity contribution in [1.82, 2.24) is 0 Å². The van der Waals surface area contributed by atoms with Crippen molar-refractivity contribution in [2.75, 3.05) is 26.4 Å². The molecule has 2 atom stereocenters. The van der Waals surface area contributed by atoms with E-state index in [1.807, 2.05) is 0 Å². The van der Waals surface area contributed by atoms with Gasteiger partial charge in [-0.15, -0.1) is 0 Å². The van der Waals surface area contributed by atoms with E-state index in [1.165, 1.54) is 193 Å². The Morgan fingerprint density at radius 3 is 1.07 bits per heavy atom. The van der Waals surface area contributed by atoms with Gasteiger partial charge in [-0.05, 0) is 12.8 Å². The number of carbonyl (C=O) groups excluding carboxylic acids is 2. The van der Waals surface area contributed by atoms with Crippen molar-refractivity contribution in [3.8, 4) is 0 Å². The van der Waals surface area contributed by atoms with Crippen molar-refractivity contribution < 1.29 is 37.6 Å². The van der Waals surface area contributed by atoms with E-state index in [9.17, 15) is 19.0 Å². The van der Waals surface area contributed by atoms with Gasteiger partial charge >= 0.3 is 19.8 Å². The predicted octanol–water partition coefficient (Wildman–Crippen LogP) is 14.4. The summed E-state index contributed by atoms with van der Waals surface area (Å²) >= 11 is 0. The standard InChI is InChI=1S/C47H94NO8P/c1-3-5-7-9-11-13-15-17-19-21-22-24-26-28-30-32-34-36-38-40-47(50)56-45(44-55-57(51,52)54-42-41-48)43-53-46(49)39-37-35-33-31-29-27-25-23-20-18-16-14-12-10-8-6-4-2/h45H,3-44,48H2,1-2H3,(H,51,52). The van der Waals surface area contributed by atoms with Crippen LogP contribution in [0.3, 0.4) is 0 Å². The second-order valence-electron chi connectivity index (χ2n) is 16.7. The van der Waals surface area contributed by atoms with E-state index in [4.69, 9.17) is 24.3 Å². The topological polar surface area (TPSA) is 134 Å². The molecule has 0 aliphatic heterocycles. The summed E-state index contributed by atoms with van der Waals surface area (Å²) in [5.74, 6) is -0.808. The highest BCUT2D eigenvalue weighted by Gasteiger charge is 2.26. The molecule has 0 spiro atoms. The van der Waals surface area contributed by atoms with Crippen molar-refractivity contribution in [2.45, 2.75) is 264 Å². The number of hydrogen-bond donors (Lipinski definition) is 2. The van der Waals surface area contributed by atoms with E-state index >= 15 is 0 Å². The molecule has 9 nitrogen and oxygen atoms in total. The zero-order chi connectivity index (χ0) is 41.8. The van der Waals surface area contributed by atoms with Gasteiger partial charge < -0.3 is 20.1 Å². The molecule has 0 saturated heterocycles. The SMILES string of the molecule is CCCCCCCCCCCCCCCCCCCCCC(=O)OC(COC(=O)CCCCCCCCCCCCCCCCCCC)COP(=O)(O)OCCN. The lowest BCUT2D eigenvalue weighted by molar-refractivity contribution is -0.161. The number of hydrogen-bond acceptors (Lipinski definition) is 8. The molecule has 0 bridgehead atoms. The highest BCUT2D eigenvalue weighted by atomic mass is 31.2. The van der Waals surface area contributed by atoms with E-state index in [0.717, 1.165) is 32.1 Å². The fourth-order valence-electron chi connectivity index (χ4n) is 7.34. The quantitative estimate of drug-likeness (QED) is 0.0349. The largest absolute Gasteiger partial charge is 0.472 e. The van der Waals surface area contributed by atoms with Crippen LogP contribution in [-0.4, -0.2) is 49.3 Å². The minimum absolute atomic E-state index is 0.0583. The Hall–Kier alpha value is -0.990. The monoisotopic (exact) mass is 832 g/mol. The van der Waals surface area contributed by atoms with Gasteiger partial charge in [-0.1, -0.05) is 232 Å². The van der Waals surface area contributed by atoms with Crippen LogP contribution < -0.4 is 5.73 Å². The van der Waals surface area contributed by atoms with Crippen LogP contribution in [0, 0.1) is 0 Å². The van der Waals surface area contributed by atoms with Crippen molar-refractivity contribution in [3.05, 3.63) is 0 Å². The van der Waals surface area contributed by atoms with E-state index < -0.39 is 26.5 Å². The highest BCUT2D eigenvalue weighted by molar-refractivity contribution is 7.47. The van der Waals surface area contributed by atoms with Gasteiger partial charge in [0.15, 0.2) is 6.10 Å². The number of ether oxygens (including phenoxy) is 2. The van der Waals surface area contributed by atoms with Crippen LogP contribution in [0.5, 0.6) is 0 Å². The summed E-state index contributed by atoms with van der Waals surface area (Å²) in [7, 11) is -4.37. The molecule has 340 valence electrons. The van der Waals surface area contributed by atoms with Gasteiger partial charge in [-0.3, -0.25) is 18.6 Å². The summed E-state index contributed by atoms with van der Waals surface area (Å²) in [6, 6.07) is 0. The Bertz CT molecular complexity index is 907. The van der Waals surface area contributed by atoms with Crippen LogP contribution in [-0.2, 0) is 32.7 Å². The van der Waals surface area contributed by atoms with Crippen LogP contribution in [0.1, 0.15) is 258 Å². The first kappa shape index (κ1) is 56.0. The minimum atomic E-state index is -4.37. The molecule has 0 amide bonds. The molecule has 0 rings (SSSR count). The lowest BCUT2D eigenvalue weighted by atomic mass is 10.0. The van der Waals surface area contributed by atoms with Crippen LogP contribution >= 0.6 is 7.82 Å². The number of esters is 2. The minimum Gasteiger partial charge on any atom is -0.462 e. The van der Waals surface area contributed by atoms with Crippen molar-refractivity contribution in [1.29, 1.82) is 0 Å². The molecule has 57 heavy (non-hydrogen) atoms. The first-order chi connectivity index (χ1) is 27.8. The van der Waals surface area contributed by atoms with Gasteiger partial charge in [-0.2, -0.15) is 0 Å². The molecule has 10 heteroatoms. The second-order valence-corrected chi connectivity index (χ2v) is 18.2. The van der Waals surface area contributed by atoms with Gasteiger partial charge in [-0.25, -0.2) is 4.57 Å². The molecular weight excluding hydrogens is 737 g/mol. The molecule has 0 heterocycles. The molecule has 0 radical (unpaired) electrons. The summed E-state index contributed by atoms with van der Waals surface area (Å²) in [4.78, 5) is 35.0.